The predicted octanol–water partition coefficient (Wildman–Crippen LogP) is 3.30. The second-order valence-electron chi connectivity index (χ2n) is 5.26. The normalized spacial score (nSPS) is 11.0. The summed E-state index contributed by atoms with van der Waals surface area (Å²) in [6, 6.07) is 5.76. The van der Waals surface area contributed by atoms with Crippen molar-refractivity contribution in [2.24, 2.45) is 0 Å². The molecule has 0 unspecified atom stereocenters. The minimum absolute atomic E-state index is 0.0836. The average molecular weight is 334 g/mol. The maximum Gasteiger partial charge on any atom is 0.270 e. The molecule has 23 heavy (non-hydrogen) atoms. The third-order valence-electron chi connectivity index (χ3n) is 3.29. The Hall–Kier alpha value is -2.22. The van der Waals surface area contributed by atoms with Crippen LogP contribution in [0.4, 0.5) is 5.69 Å². The summed E-state index contributed by atoms with van der Waals surface area (Å²) in [6.45, 7) is 6.81. The lowest BCUT2D eigenvalue weighted by Crippen LogP contribution is -2.07. The quantitative estimate of drug-likeness (QED) is 0.334. The summed E-state index contributed by atoms with van der Waals surface area (Å²) in [7, 11) is 0. The van der Waals surface area contributed by atoms with Gasteiger partial charge in [-0.3, -0.25) is 14.9 Å². The number of nitrogens with zero attached hydrogens (tertiary/aromatic N) is 4. The Labute approximate surface area is 138 Å². The fourth-order valence-corrected chi connectivity index (χ4v) is 3.04. The SMILES string of the molecule is CCn1c(SCC(=O)c2cccc([N+](=O)[O-])c2)nnc1C(C)C. The van der Waals surface area contributed by atoms with E-state index in [4.69, 9.17) is 0 Å². The van der Waals surface area contributed by atoms with E-state index in [0.29, 0.717) is 10.7 Å². The summed E-state index contributed by atoms with van der Waals surface area (Å²) in [4.78, 5) is 22.5. The summed E-state index contributed by atoms with van der Waals surface area (Å²) in [5.74, 6) is 1.13. The van der Waals surface area contributed by atoms with Crippen LogP contribution in [0.1, 0.15) is 42.9 Å². The first-order valence-electron chi connectivity index (χ1n) is 7.27. The molecule has 8 heteroatoms. The third kappa shape index (κ3) is 3.95. The molecule has 0 fully saturated rings. The van der Waals surface area contributed by atoms with Crippen LogP contribution in [0.2, 0.25) is 0 Å². The number of hydrogen-bond acceptors (Lipinski definition) is 6. The van der Waals surface area contributed by atoms with Crippen LogP contribution in [0.5, 0.6) is 0 Å². The average Bonchev–Trinajstić information content (AvgIpc) is 2.95. The molecule has 0 aliphatic carbocycles. The van der Waals surface area contributed by atoms with Crippen LogP contribution < -0.4 is 0 Å². The third-order valence-corrected chi connectivity index (χ3v) is 4.26. The molecule has 0 saturated heterocycles. The molecule has 0 spiro atoms. The number of nitro groups is 1. The molecule has 122 valence electrons. The standard InChI is InChI=1S/C15H18N4O3S/c1-4-18-14(10(2)3)16-17-15(18)23-9-13(20)11-6-5-7-12(8-11)19(21)22/h5-8,10H,4,9H2,1-3H3. The number of non-ortho nitro benzene ring substituents is 1. The van der Waals surface area contributed by atoms with E-state index in [0.717, 1.165) is 12.4 Å². The van der Waals surface area contributed by atoms with E-state index < -0.39 is 4.92 Å². The fraction of sp³-hybridized carbons (Fsp3) is 0.400. The van der Waals surface area contributed by atoms with Gasteiger partial charge in [-0.05, 0) is 6.92 Å². The highest BCUT2D eigenvalue weighted by Crippen LogP contribution is 2.23. The molecule has 2 rings (SSSR count). The second kappa shape index (κ2) is 7.36. The molecule has 0 aliphatic heterocycles. The van der Waals surface area contributed by atoms with E-state index in [9.17, 15) is 14.9 Å². The first-order chi connectivity index (χ1) is 10.9. The molecule has 2 aromatic rings. The Morgan fingerprint density at radius 2 is 2.13 bits per heavy atom. The van der Waals surface area contributed by atoms with E-state index in [1.54, 1.807) is 6.07 Å². The number of rotatable bonds is 7. The molecule has 0 aliphatic rings. The smallest absolute Gasteiger partial charge is 0.270 e. The van der Waals surface area contributed by atoms with Crippen LogP contribution >= 0.6 is 11.8 Å². The van der Waals surface area contributed by atoms with Gasteiger partial charge < -0.3 is 4.57 Å². The van der Waals surface area contributed by atoms with Crippen molar-refractivity contribution in [3.63, 3.8) is 0 Å². The maximum atomic E-state index is 12.2. The maximum absolute atomic E-state index is 12.2. The first kappa shape index (κ1) is 17.1. The zero-order chi connectivity index (χ0) is 17.0. The van der Waals surface area contributed by atoms with Crippen molar-refractivity contribution in [1.82, 2.24) is 14.8 Å². The molecule has 0 saturated carbocycles. The van der Waals surface area contributed by atoms with Gasteiger partial charge in [0.05, 0.1) is 10.7 Å². The molecule has 1 aromatic carbocycles. The van der Waals surface area contributed by atoms with E-state index in [2.05, 4.69) is 10.2 Å². The molecule has 0 N–H and O–H groups in total. The Morgan fingerprint density at radius 3 is 2.74 bits per heavy atom. The van der Waals surface area contributed by atoms with Crippen LogP contribution in [0.25, 0.3) is 0 Å². The van der Waals surface area contributed by atoms with Crippen molar-refractivity contribution in [2.75, 3.05) is 5.75 Å². The van der Waals surface area contributed by atoms with Crippen molar-refractivity contribution in [1.29, 1.82) is 0 Å². The summed E-state index contributed by atoms with van der Waals surface area (Å²) >= 11 is 1.30. The molecular weight excluding hydrogens is 316 g/mol. The molecule has 1 heterocycles. The first-order valence-corrected chi connectivity index (χ1v) is 8.26. The number of thioether (sulfide) groups is 1. The number of ketones is 1. The summed E-state index contributed by atoms with van der Waals surface area (Å²) in [5.41, 5.74) is 0.248. The van der Waals surface area contributed by atoms with Crippen LogP contribution in [-0.4, -0.2) is 31.2 Å². The monoisotopic (exact) mass is 334 g/mol. The second-order valence-corrected chi connectivity index (χ2v) is 6.20. The number of carbonyl (C=O) groups is 1. The van der Waals surface area contributed by atoms with Crippen molar-refractivity contribution < 1.29 is 9.72 Å². The Bertz CT molecular complexity index is 727. The van der Waals surface area contributed by atoms with Crippen LogP contribution in [0, 0.1) is 10.1 Å². The van der Waals surface area contributed by atoms with Crippen molar-refractivity contribution >= 4 is 23.2 Å². The van der Waals surface area contributed by atoms with Gasteiger partial charge in [0.1, 0.15) is 5.82 Å². The molecule has 1 aromatic heterocycles. The van der Waals surface area contributed by atoms with Gasteiger partial charge in [-0.25, -0.2) is 0 Å². The lowest BCUT2D eigenvalue weighted by atomic mass is 10.1. The molecule has 0 radical (unpaired) electrons. The molecule has 7 nitrogen and oxygen atoms in total. The number of hydrogen-bond donors (Lipinski definition) is 0. The molecule has 0 bridgehead atoms. The lowest BCUT2D eigenvalue weighted by Gasteiger charge is -2.08. The number of benzene rings is 1. The number of nitro benzene ring substituents is 1. The van der Waals surface area contributed by atoms with Gasteiger partial charge in [0.2, 0.25) is 0 Å². The minimum Gasteiger partial charge on any atom is -0.306 e. The topological polar surface area (TPSA) is 90.9 Å². The lowest BCUT2D eigenvalue weighted by molar-refractivity contribution is -0.384. The van der Waals surface area contributed by atoms with Gasteiger partial charge in [-0.15, -0.1) is 10.2 Å². The molecule has 0 atom stereocenters. The van der Waals surface area contributed by atoms with Crippen LogP contribution in [0.3, 0.4) is 0 Å². The molecular formula is C15H18N4O3S. The van der Waals surface area contributed by atoms with E-state index in [1.165, 1.54) is 30.0 Å². The fourth-order valence-electron chi connectivity index (χ4n) is 2.14. The van der Waals surface area contributed by atoms with E-state index >= 15 is 0 Å². The van der Waals surface area contributed by atoms with Gasteiger partial charge in [0, 0.05) is 30.2 Å². The minimum atomic E-state index is -0.507. The van der Waals surface area contributed by atoms with Gasteiger partial charge >= 0.3 is 0 Å². The Kier molecular flexibility index (Phi) is 5.49. The van der Waals surface area contributed by atoms with Gasteiger partial charge in [-0.1, -0.05) is 37.7 Å². The van der Waals surface area contributed by atoms with Crippen LogP contribution in [-0.2, 0) is 6.54 Å². The molecule has 0 amide bonds. The number of carbonyl (C=O) groups excluding carboxylic acids is 1. The largest absolute Gasteiger partial charge is 0.306 e. The summed E-state index contributed by atoms with van der Waals surface area (Å²) in [6.07, 6.45) is 0. The number of Topliss-reactive ketones (excluding diaryl/α,β-unsaturated/α-hetero) is 1. The zero-order valence-corrected chi connectivity index (χ0v) is 14.0. The Morgan fingerprint density at radius 1 is 1.39 bits per heavy atom. The van der Waals surface area contributed by atoms with Crippen molar-refractivity contribution in [3.05, 3.63) is 45.8 Å². The highest BCUT2D eigenvalue weighted by atomic mass is 32.2. The predicted molar refractivity (Wildman–Crippen MR) is 87.9 cm³/mol. The number of aromatic nitrogens is 3. The van der Waals surface area contributed by atoms with Crippen LogP contribution in [0.15, 0.2) is 29.4 Å². The van der Waals surface area contributed by atoms with Crippen molar-refractivity contribution in [3.8, 4) is 0 Å². The van der Waals surface area contributed by atoms with E-state index in [-0.39, 0.29) is 23.1 Å². The highest BCUT2D eigenvalue weighted by Gasteiger charge is 2.17. The zero-order valence-electron chi connectivity index (χ0n) is 13.2. The Balaban J connectivity index is 2.10. The van der Waals surface area contributed by atoms with Gasteiger partial charge in [0.15, 0.2) is 10.9 Å². The van der Waals surface area contributed by atoms with E-state index in [1.807, 2.05) is 25.3 Å². The summed E-state index contributed by atoms with van der Waals surface area (Å²) in [5, 5.41) is 19.8. The van der Waals surface area contributed by atoms with Gasteiger partial charge in [-0.2, -0.15) is 0 Å². The highest BCUT2D eigenvalue weighted by molar-refractivity contribution is 7.99. The van der Waals surface area contributed by atoms with Gasteiger partial charge in [0.25, 0.3) is 5.69 Å². The summed E-state index contributed by atoms with van der Waals surface area (Å²) < 4.78 is 1.98. The van der Waals surface area contributed by atoms with Crippen molar-refractivity contribution in [2.45, 2.75) is 38.4 Å².